The summed E-state index contributed by atoms with van der Waals surface area (Å²) < 4.78 is 2.02. The maximum atomic E-state index is 11.2. The lowest BCUT2D eigenvalue weighted by Crippen LogP contribution is -2.37. The van der Waals surface area contributed by atoms with Crippen LogP contribution in [0.1, 0.15) is 41.1 Å². The van der Waals surface area contributed by atoms with Crippen LogP contribution < -0.4 is 4.90 Å². The molecule has 0 amide bonds. The van der Waals surface area contributed by atoms with Crippen molar-refractivity contribution in [1.29, 1.82) is 0 Å². The Labute approximate surface area is 160 Å². The molecule has 4 heterocycles. The fraction of sp³-hybridized carbons (Fsp3) is 0.421. The number of fused-ring (bicyclic) bond motifs is 1. The number of thiophene rings is 1. The van der Waals surface area contributed by atoms with Gasteiger partial charge in [0, 0.05) is 30.7 Å². The van der Waals surface area contributed by atoms with E-state index in [0.29, 0.717) is 17.7 Å². The first-order valence-corrected chi connectivity index (χ1v) is 10.0. The number of hydrogen-bond donors (Lipinski definition) is 2. The van der Waals surface area contributed by atoms with Crippen molar-refractivity contribution >= 4 is 34.4 Å². The van der Waals surface area contributed by atoms with E-state index in [9.17, 15) is 15.0 Å². The summed E-state index contributed by atoms with van der Waals surface area (Å²) in [5.41, 5.74) is 1.46. The highest BCUT2D eigenvalue weighted by molar-refractivity contribution is 7.10. The van der Waals surface area contributed by atoms with Crippen LogP contribution >= 0.6 is 11.3 Å². The van der Waals surface area contributed by atoms with Crippen molar-refractivity contribution in [1.82, 2.24) is 14.5 Å². The van der Waals surface area contributed by atoms with E-state index in [2.05, 4.69) is 14.9 Å². The van der Waals surface area contributed by atoms with Gasteiger partial charge in [0.2, 0.25) is 5.95 Å². The summed E-state index contributed by atoms with van der Waals surface area (Å²) in [7, 11) is 0. The van der Waals surface area contributed by atoms with Gasteiger partial charge in [0.05, 0.1) is 11.7 Å². The number of pyridine rings is 1. The minimum atomic E-state index is -1.000. The van der Waals surface area contributed by atoms with Crippen molar-refractivity contribution in [2.75, 3.05) is 18.0 Å². The Kier molecular flexibility index (Phi) is 4.84. The third-order valence-corrected chi connectivity index (χ3v) is 6.17. The number of piperidine rings is 1. The van der Waals surface area contributed by atoms with Crippen LogP contribution in [0.2, 0.25) is 0 Å². The minimum Gasteiger partial charge on any atom is -0.478 e. The Hall–Kier alpha value is -2.45. The molecular formula is C19H22N4O3S. The van der Waals surface area contributed by atoms with E-state index in [4.69, 9.17) is 0 Å². The molecule has 1 fully saturated rings. The van der Waals surface area contributed by atoms with E-state index < -0.39 is 12.1 Å². The van der Waals surface area contributed by atoms with Crippen LogP contribution in [0.25, 0.3) is 11.2 Å². The lowest BCUT2D eigenvalue weighted by Gasteiger charge is -2.34. The van der Waals surface area contributed by atoms with Crippen LogP contribution in [0.4, 0.5) is 5.95 Å². The number of anilines is 1. The smallest absolute Gasteiger partial charge is 0.337 e. The summed E-state index contributed by atoms with van der Waals surface area (Å²) in [6, 6.07) is 5.54. The largest absolute Gasteiger partial charge is 0.478 e. The van der Waals surface area contributed by atoms with Gasteiger partial charge >= 0.3 is 5.97 Å². The van der Waals surface area contributed by atoms with Gasteiger partial charge in [-0.15, -0.1) is 11.3 Å². The van der Waals surface area contributed by atoms with Crippen molar-refractivity contribution in [3.05, 3.63) is 40.2 Å². The lowest BCUT2D eigenvalue weighted by molar-refractivity contribution is 0.0696. The fourth-order valence-corrected chi connectivity index (χ4v) is 4.56. The molecule has 0 aliphatic carbocycles. The van der Waals surface area contributed by atoms with Gasteiger partial charge in [-0.3, -0.25) is 4.57 Å². The summed E-state index contributed by atoms with van der Waals surface area (Å²) in [4.78, 5) is 23.4. The molecule has 27 heavy (non-hydrogen) atoms. The first-order chi connectivity index (χ1) is 13.1. The van der Waals surface area contributed by atoms with Crippen LogP contribution in [0, 0.1) is 5.92 Å². The molecule has 0 bridgehead atoms. The summed E-state index contributed by atoms with van der Waals surface area (Å²) in [6.07, 6.45) is 2.75. The van der Waals surface area contributed by atoms with Crippen LogP contribution in [-0.4, -0.2) is 43.8 Å². The van der Waals surface area contributed by atoms with Gasteiger partial charge in [0.25, 0.3) is 0 Å². The van der Waals surface area contributed by atoms with Gasteiger partial charge < -0.3 is 15.1 Å². The number of aryl methyl sites for hydroxylation is 1. The number of hydrogen-bond acceptors (Lipinski definition) is 6. The molecular weight excluding hydrogens is 364 g/mol. The fourth-order valence-electron chi connectivity index (χ4n) is 3.76. The van der Waals surface area contributed by atoms with E-state index in [1.165, 1.54) is 6.20 Å². The molecule has 3 aromatic heterocycles. The number of carboxylic acids is 1. The molecule has 1 atom stereocenters. The number of rotatable bonds is 5. The highest BCUT2D eigenvalue weighted by Crippen LogP contribution is 2.34. The first-order valence-electron chi connectivity index (χ1n) is 9.14. The van der Waals surface area contributed by atoms with E-state index in [0.717, 1.165) is 36.8 Å². The summed E-state index contributed by atoms with van der Waals surface area (Å²) in [5.74, 6) is 0.0723. The zero-order chi connectivity index (χ0) is 19.0. The third kappa shape index (κ3) is 3.30. The van der Waals surface area contributed by atoms with Crippen molar-refractivity contribution in [3.63, 3.8) is 0 Å². The standard InChI is InChI=1S/C19H22N4O3S/c1-2-23-17-14(10-13(11-20-17)18(25)26)21-19(23)22-7-5-12(6-8-22)16(24)15-4-3-9-27-15/h3-4,9-12,16,24H,2,5-8H2,1H3,(H,25,26). The van der Waals surface area contributed by atoms with E-state index in [-0.39, 0.29) is 11.5 Å². The third-order valence-electron chi connectivity index (χ3n) is 5.23. The average Bonchev–Trinajstić information content (AvgIpc) is 3.34. The number of aromatic nitrogens is 3. The molecule has 7 nitrogen and oxygen atoms in total. The Morgan fingerprint density at radius 1 is 1.41 bits per heavy atom. The average molecular weight is 386 g/mol. The van der Waals surface area contributed by atoms with Crippen molar-refractivity contribution < 1.29 is 15.0 Å². The summed E-state index contributed by atoms with van der Waals surface area (Å²) in [6.45, 7) is 4.36. The van der Waals surface area contributed by atoms with Crippen LogP contribution in [0.3, 0.4) is 0 Å². The lowest BCUT2D eigenvalue weighted by atomic mass is 9.90. The van der Waals surface area contributed by atoms with Gasteiger partial charge in [-0.2, -0.15) is 0 Å². The molecule has 2 N–H and O–H groups in total. The maximum absolute atomic E-state index is 11.2. The number of aliphatic hydroxyl groups is 1. The number of carboxylic acid groups (broad SMARTS) is 1. The topological polar surface area (TPSA) is 91.5 Å². The molecule has 8 heteroatoms. The molecule has 1 saturated heterocycles. The van der Waals surface area contributed by atoms with Crippen LogP contribution in [0.5, 0.6) is 0 Å². The highest BCUT2D eigenvalue weighted by atomic mass is 32.1. The van der Waals surface area contributed by atoms with E-state index in [1.807, 2.05) is 29.0 Å². The van der Waals surface area contributed by atoms with Gasteiger partial charge in [-0.25, -0.2) is 14.8 Å². The molecule has 3 aromatic rings. The molecule has 0 saturated carbocycles. The predicted octanol–water partition coefficient (Wildman–Crippen LogP) is 3.16. The van der Waals surface area contributed by atoms with Crippen LogP contribution in [0.15, 0.2) is 29.8 Å². The molecule has 0 aromatic carbocycles. The molecule has 0 spiro atoms. The monoisotopic (exact) mass is 386 g/mol. The Morgan fingerprint density at radius 3 is 2.81 bits per heavy atom. The van der Waals surface area contributed by atoms with Crippen molar-refractivity contribution in [2.45, 2.75) is 32.4 Å². The highest BCUT2D eigenvalue weighted by Gasteiger charge is 2.29. The minimum absolute atomic E-state index is 0.146. The zero-order valence-corrected chi connectivity index (χ0v) is 15.9. The van der Waals surface area contributed by atoms with E-state index >= 15 is 0 Å². The number of imidazole rings is 1. The van der Waals surface area contributed by atoms with Gasteiger partial charge in [0.1, 0.15) is 5.52 Å². The Morgan fingerprint density at radius 2 is 2.19 bits per heavy atom. The second-order valence-corrected chi connectivity index (χ2v) is 7.79. The quantitative estimate of drug-likeness (QED) is 0.700. The second-order valence-electron chi connectivity index (χ2n) is 6.81. The number of aliphatic hydroxyl groups excluding tert-OH is 1. The Bertz CT molecular complexity index is 945. The molecule has 0 radical (unpaired) electrons. The number of carbonyl (C=O) groups is 1. The predicted molar refractivity (Wildman–Crippen MR) is 104 cm³/mol. The summed E-state index contributed by atoms with van der Waals surface area (Å²) >= 11 is 1.60. The first kappa shape index (κ1) is 17.9. The molecule has 1 unspecified atom stereocenters. The number of nitrogens with zero attached hydrogens (tertiary/aromatic N) is 4. The molecule has 4 rings (SSSR count). The maximum Gasteiger partial charge on any atom is 0.337 e. The SMILES string of the molecule is CCn1c(N2CCC(C(O)c3cccs3)CC2)nc2cc(C(=O)O)cnc21. The van der Waals surface area contributed by atoms with E-state index in [1.54, 1.807) is 17.4 Å². The molecule has 142 valence electrons. The normalized spacial score (nSPS) is 16.7. The zero-order valence-electron chi connectivity index (χ0n) is 15.1. The van der Waals surface area contributed by atoms with Crippen molar-refractivity contribution in [3.8, 4) is 0 Å². The Balaban J connectivity index is 1.55. The van der Waals surface area contributed by atoms with Crippen molar-refractivity contribution in [2.24, 2.45) is 5.92 Å². The van der Waals surface area contributed by atoms with Crippen LogP contribution in [-0.2, 0) is 6.54 Å². The van der Waals surface area contributed by atoms with Gasteiger partial charge in [-0.05, 0) is 43.2 Å². The number of aromatic carboxylic acids is 1. The second kappa shape index (κ2) is 7.28. The summed E-state index contributed by atoms with van der Waals surface area (Å²) in [5, 5.41) is 21.8. The van der Waals surface area contributed by atoms with Gasteiger partial charge in [0.15, 0.2) is 5.65 Å². The molecule has 1 aliphatic heterocycles. The molecule has 1 aliphatic rings. The van der Waals surface area contributed by atoms with Gasteiger partial charge in [-0.1, -0.05) is 6.07 Å².